The lowest BCUT2D eigenvalue weighted by Gasteiger charge is -2.29. The number of sulfonamides is 1. The van der Waals surface area contributed by atoms with Crippen molar-refractivity contribution in [2.45, 2.75) is 43.4 Å². The molecule has 0 N–H and O–H groups in total. The summed E-state index contributed by atoms with van der Waals surface area (Å²) in [5, 5.41) is -0.623. The number of esters is 1. The number of nitrogens with zero attached hydrogens (tertiary/aromatic N) is 2. The summed E-state index contributed by atoms with van der Waals surface area (Å²) >= 11 is 0. The first-order valence-electron chi connectivity index (χ1n) is 7.61. The zero-order chi connectivity index (χ0) is 15.6. The van der Waals surface area contributed by atoms with Crippen LogP contribution in [-0.2, 0) is 19.6 Å². The second-order valence-corrected chi connectivity index (χ2v) is 8.46. The molecular weight excluding hydrogens is 292 g/mol. The fourth-order valence-electron chi connectivity index (χ4n) is 3.55. The van der Waals surface area contributed by atoms with E-state index in [-0.39, 0.29) is 6.04 Å². The van der Waals surface area contributed by atoms with Gasteiger partial charge in [-0.2, -0.15) is 0 Å². The maximum atomic E-state index is 12.8. The first kappa shape index (κ1) is 16.7. The highest BCUT2D eigenvalue weighted by atomic mass is 32.2. The Bertz CT molecular complexity index is 479. The predicted octanol–water partition coefficient (Wildman–Crippen LogP) is 0.684. The van der Waals surface area contributed by atoms with Crippen molar-refractivity contribution >= 4 is 16.0 Å². The standard InChI is InChI=1S/C14H26N2O4S/c1-15-9-5-6-11(15)10-16(2)21(18,19)13-8-4-7-12(13)14(17)20-3/h11-13H,4-10H2,1-3H3. The van der Waals surface area contributed by atoms with Gasteiger partial charge in [-0.05, 0) is 39.3 Å². The molecule has 0 amide bonds. The summed E-state index contributed by atoms with van der Waals surface area (Å²) in [6, 6.07) is 0.280. The Hall–Kier alpha value is -0.660. The van der Waals surface area contributed by atoms with E-state index in [9.17, 15) is 13.2 Å². The Labute approximate surface area is 127 Å². The zero-order valence-corrected chi connectivity index (χ0v) is 13.9. The molecule has 1 saturated carbocycles. The molecule has 2 fully saturated rings. The normalized spacial score (nSPS) is 31.0. The maximum absolute atomic E-state index is 12.8. The van der Waals surface area contributed by atoms with Gasteiger partial charge in [0.25, 0.3) is 0 Å². The van der Waals surface area contributed by atoms with E-state index >= 15 is 0 Å². The van der Waals surface area contributed by atoms with Gasteiger partial charge in [0.1, 0.15) is 0 Å². The van der Waals surface area contributed by atoms with Crippen LogP contribution in [0.15, 0.2) is 0 Å². The van der Waals surface area contributed by atoms with Crippen LogP contribution in [0.25, 0.3) is 0 Å². The lowest BCUT2D eigenvalue weighted by atomic mass is 10.1. The third-order valence-electron chi connectivity index (χ3n) is 4.91. The largest absolute Gasteiger partial charge is 0.469 e. The van der Waals surface area contributed by atoms with Crippen LogP contribution >= 0.6 is 0 Å². The van der Waals surface area contributed by atoms with Gasteiger partial charge in [0, 0.05) is 19.6 Å². The van der Waals surface area contributed by atoms with Crippen LogP contribution in [0.3, 0.4) is 0 Å². The Balaban J connectivity index is 2.07. The highest BCUT2D eigenvalue weighted by Crippen LogP contribution is 2.33. The van der Waals surface area contributed by atoms with Crippen molar-refractivity contribution in [2.24, 2.45) is 5.92 Å². The maximum Gasteiger partial charge on any atom is 0.310 e. The molecule has 3 atom stereocenters. The average Bonchev–Trinajstić information content (AvgIpc) is 3.08. The number of ether oxygens (including phenoxy) is 1. The lowest BCUT2D eigenvalue weighted by Crippen LogP contribution is -2.45. The van der Waals surface area contributed by atoms with Crippen LogP contribution in [0.1, 0.15) is 32.1 Å². The molecule has 3 unspecified atom stereocenters. The molecule has 0 radical (unpaired) electrons. The van der Waals surface area contributed by atoms with Crippen LogP contribution in [-0.4, -0.2) is 69.2 Å². The number of rotatable bonds is 5. The quantitative estimate of drug-likeness (QED) is 0.698. The molecule has 2 aliphatic rings. The van der Waals surface area contributed by atoms with Crippen LogP contribution in [0, 0.1) is 5.92 Å². The Kier molecular flexibility index (Phi) is 5.27. The molecule has 6 nitrogen and oxygen atoms in total. The fraction of sp³-hybridized carbons (Fsp3) is 0.929. The van der Waals surface area contributed by atoms with Gasteiger partial charge < -0.3 is 9.64 Å². The molecule has 0 aromatic rings. The molecule has 1 heterocycles. The van der Waals surface area contributed by atoms with Gasteiger partial charge in [0.15, 0.2) is 0 Å². The summed E-state index contributed by atoms with van der Waals surface area (Å²) in [5.41, 5.74) is 0. The topological polar surface area (TPSA) is 66.9 Å². The molecule has 1 aliphatic heterocycles. The van der Waals surface area contributed by atoms with Gasteiger partial charge in [-0.1, -0.05) is 6.42 Å². The van der Waals surface area contributed by atoms with Crippen molar-refractivity contribution in [3.8, 4) is 0 Å². The van der Waals surface area contributed by atoms with Crippen LogP contribution < -0.4 is 0 Å². The molecular formula is C14H26N2O4S. The summed E-state index contributed by atoms with van der Waals surface area (Å²) in [4.78, 5) is 14.0. The number of hydrogen-bond acceptors (Lipinski definition) is 5. The summed E-state index contributed by atoms with van der Waals surface area (Å²) in [7, 11) is 1.54. The van der Waals surface area contributed by atoms with E-state index in [1.165, 1.54) is 11.4 Å². The summed E-state index contributed by atoms with van der Waals surface area (Å²) in [6.07, 6.45) is 4.06. The molecule has 2 rings (SSSR count). The number of methoxy groups -OCH3 is 1. The third-order valence-corrected chi connectivity index (χ3v) is 7.26. The lowest BCUT2D eigenvalue weighted by molar-refractivity contribution is -0.145. The predicted molar refractivity (Wildman–Crippen MR) is 80.3 cm³/mol. The SMILES string of the molecule is COC(=O)C1CCCC1S(=O)(=O)N(C)CC1CCCN1C. The van der Waals surface area contributed by atoms with E-state index in [1.54, 1.807) is 7.05 Å². The van der Waals surface area contributed by atoms with Gasteiger partial charge in [-0.25, -0.2) is 12.7 Å². The number of carbonyl (C=O) groups is 1. The fourth-order valence-corrected chi connectivity index (χ4v) is 5.51. The number of hydrogen-bond donors (Lipinski definition) is 0. The highest BCUT2D eigenvalue weighted by Gasteiger charge is 2.44. The number of likely N-dealkylation sites (tertiary alicyclic amines) is 1. The van der Waals surface area contributed by atoms with Crippen LogP contribution in [0.4, 0.5) is 0 Å². The second kappa shape index (κ2) is 6.62. The molecule has 7 heteroatoms. The van der Waals surface area contributed by atoms with E-state index in [2.05, 4.69) is 4.90 Å². The summed E-state index contributed by atoms with van der Waals surface area (Å²) in [6.45, 7) is 1.52. The van der Waals surface area contributed by atoms with Crippen LogP contribution in [0.5, 0.6) is 0 Å². The Morgan fingerprint density at radius 1 is 1.29 bits per heavy atom. The summed E-state index contributed by atoms with van der Waals surface area (Å²) < 4.78 is 31.7. The van der Waals surface area contributed by atoms with Crippen molar-refractivity contribution in [3.63, 3.8) is 0 Å². The monoisotopic (exact) mass is 318 g/mol. The van der Waals surface area contributed by atoms with E-state index in [1.807, 2.05) is 7.05 Å². The molecule has 0 aromatic heterocycles. The molecule has 1 aliphatic carbocycles. The smallest absolute Gasteiger partial charge is 0.310 e. The van der Waals surface area contributed by atoms with Crippen molar-refractivity contribution in [1.82, 2.24) is 9.21 Å². The van der Waals surface area contributed by atoms with Gasteiger partial charge in [-0.3, -0.25) is 4.79 Å². The minimum absolute atomic E-state index is 0.280. The van der Waals surface area contributed by atoms with Crippen LogP contribution in [0.2, 0.25) is 0 Å². The van der Waals surface area contributed by atoms with Crippen molar-refractivity contribution in [3.05, 3.63) is 0 Å². The van der Waals surface area contributed by atoms with Gasteiger partial charge >= 0.3 is 5.97 Å². The molecule has 1 saturated heterocycles. The van der Waals surface area contributed by atoms with E-state index in [0.29, 0.717) is 19.4 Å². The summed E-state index contributed by atoms with van der Waals surface area (Å²) in [5.74, 6) is -0.906. The third kappa shape index (κ3) is 3.40. The molecule has 0 bridgehead atoms. The Morgan fingerprint density at radius 2 is 2.00 bits per heavy atom. The molecule has 21 heavy (non-hydrogen) atoms. The van der Waals surface area contributed by atoms with Gasteiger partial charge in [0.2, 0.25) is 10.0 Å². The zero-order valence-electron chi connectivity index (χ0n) is 13.1. The first-order chi connectivity index (χ1) is 9.87. The molecule has 0 aromatic carbocycles. The number of carbonyl (C=O) groups excluding carboxylic acids is 1. The van der Waals surface area contributed by atoms with Gasteiger partial charge in [0.05, 0.1) is 18.3 Å². The second-order valence-electron chi connectivity index (χ2n) is 6.20. The minimum Gasteiger partial charge on any atom is -0.469 e. The van der Waals surface area contributed by atoms with E-state index in [0.717, 1.165) is 25.8 Å². The molecule has 0 spiro atoms. The Morgan fingerprint density at radius 3 is 2.57 bits per heavy atom. The minimum atomic E-state index is -3.45. The van der Waals surface area contributed by atoms with Crippen molar-refractivity contribution < 1.29 is 17.9 Å². The van der Waals surface area contributed by atoms with Crippen molar-refractivity contribution in [1.29, 1.82) is 0 Å². The number of likely N-dealkylation sites (N-methyl/N-ethyl adjacent to an activating group) is 2. The molecule has 122 valence electrons. The van der Waals surface area contributed by atoms with E-state index < -0.39 is 27.2 Å². The van der Waals surface area contributed by atoms with Crippen molar-refractivity contribution in [2.75, 3.05) is 34.3 Å². The van der Waals surface area contributed by atoms with E-state index in [4.69, 9.17) is 4.74 Å². The first-order valence-corrected chi connectivity index (χ1v) is 9.11. The highest BCUT2D eigenvalue weighted by molar-refractivity contribution is 7.89. The average molecular weight is 318 g/mol. The van der Waals surface area contributed by atoms with Gasteiger partial charge in [-0.15, -0.1) is 0 Å².